The lowest BCUT2D eigenvalue weighted by molar-refractivity contribution is -0.120. The van der Waals surface area contributed by atoms with Crippen molar-refractivity contribution in [1.29, 1.82) is 0 Å². The molecule has 1 fully saturated rings. The average Bonchev–Trinajstić information content (AvgIpc) is 2.65. The van der Waals surface area contributed by atoms with Gasteiger partial charge >= 0.3 is 0 Å². The third kappa shape index (κ3) is 3.81. The van der Waals surface area contributed by atoms with E-state index in [1.54, 1.807) is 30.3 Å². The molecule has 0 aromatic heterocycles. The molecular weight excluding hydrogens is 348 g/mol. The van der Waals surface area contributed by atoms with E-state index in [2.05, 4.69) is 5.32 Å². The molecule has 1 aliphatic heterocycles. The van der Waals surface area contributed by atoms with Crippen molar-refractivity contribution in [3.8, 4) is 0 Å². The first-order valence-electron chi connectivity index (χ1n) is 8.82. The fraction of sp³-hybridized carbons (Fsp3) is 0.350. The molecule has 1 saturated heterocycles. The summed E-state index contributed by atoms with van der Waals surface area (Å²) in [5.41, 5.74) is 2.83. The predicted molar refractivity (Wildman–Crippen MR) is 102 cm³/mol. The topological polar surface area (TPSA) is 66.5 Å². The zero-order valence-electron chi connectivity index (χ0n) is 15.1. The highest BCUT2D eigenvalue weighted by Gasteiger charge is 2.33. The molecule has 0 bridgehead atoms. The van der Waals surface area contributed by atoms with Crippen molar-refractivity contribution in [1.82, 2.24) is 4.31 Å². The molecule has 5 nitrogen and oxygen atoms in total. The number of nitrogens with one attached hydrogen (secondary N) is 1. The number of hydrogen-bond acceptors (Lipinski definition) is 3. The number of benzene rings is 2. The molecule has 1 unspecified atom stereocenters. The van der Waals surface area contributed by atoms with E-state index in [-0.39, 0.29) is 23.3 Å². The van der Waals surface area contributed by atoms with Crippen molar-refractivity contribution in [2.45, 2.75) is 31.6 Å². The Morgan fingerprint density at radius 2 is 1.69 bits per heavy atom. The normalized spacial score (nSPS) is 18.5. The summed E-state index contributed by atoms with van der Waals surface area (Å²) in [4.78, 5) is 13.0. The number of sulfonamides is 1. The molecule has 0 aliphatic carbocycles. The quantitative estimate of drug-likeness (QED) is 0.895. The third-order valence-corrected chi connectivity index (χ3v) is 6.74. The van der Waals surface area contributed by atoms with Crippen LogP contribution in [0.5, 0.6) is 0 Å². The van der Waals surface area contributed by atoms with Gasteiger partial charge in [0.05, 0.1) is 10.8 Å². The number of nitrogens with zero attached hydrogens (tertiary/aromatic N) is 1. The van der Waals surface area contributed by atoms with Gasteiger partial charge in [0.2, 0.25) is 15.9 Å². The van der Waals surface area contributed by atoms with Crippen LogP contribution in [0.3, 0.4) is 0 Å². The summed E-state index contributed by atoms with van der Waals surface area (Å²) < 4.78 is 27.1. The SMILES string of the molecule is Cc1cccc(C)c1NC(=O)C1CCCN(S(=O)(=O)c2ccccc2)C1. The Bertz CT molecular complexity index is 874. The molecule has 3 rings (SSSR count). The molecule has 1 aliphatic rings. The Balaban J connectivity index is 1.75. The first-order chi connectivity index (χ1) is 12.4. The Morgan fingerprint density at radius 1 is 1.04 bits per heavy atom. The summed E-state index contributed by atoms with van der Waals surface area (Å²) in [7, 11) is -3.56. The Labute approximate surface area is 155 Å². The first kappa shape index (κ1) is 18.6. The van der Waals surface area contributed by atoms with Crippen LogP contribution in [0.4, 0.5) is 5.69 Å². The Morgan fingerprint density at radius 3 is 2.35 bits per heavy atom. The van der Waals surface area contributed by atoms with Gasteiger partial charge in [-0.3, -0.25) is 4.79 Å². The summed E-state index contributed by atoms with van der Waals surface area (Å²) >= 11 is 0. The summed E-state index contributed by atoms with van der Waals surface area (Å²) in [6.45, 7) is 4.57. The molecule has 0 spiro atoms. The lowest BCUT2D eigenvalue weighted by Crippen LogP contribution is -2.43. The van der Waals surface area contributed by atoms with Crippen LogP contribution >= 0.6 is 0 Å². The highest BCUT2D eigenvalue weighted by atomic mass is 32.2. The number of piperidine rings is 1. The van der Waals surface area contributed by atoms with Crippen molar-refractivity contribution in [2.75, 3.05) is 18.4 Å². The second-order valence-corrected chi connectivity index (χ2v) is 8.71. The van der Waals surface area contributed by atoms with E-state index in [0.29, 0.717) is 19.4 Å². The van der Waals surface area contributed by atoms with E-state index in [4.69, 9.17) is 0 Å². The van der Waals surface area contributed by atoms with Crippen molar-refractivity contribution < 1.29 is 13.2 Å². The highest BCUT2D eigenvalue weighted by molar-refractivity contribution is 7.89. The molecular formula is C20H24N2O3S. The van der Waals surface area contributed by atoms with E-state index < -0.39 is 10.0 Å². The maximum absolute atomic E-state index is 12.8. The van der Waals surface area contributed by atoms with E-state index in [0.717, 1.165) is 16.8 Å². The molecule has 2 aromatic carbocycles. The zero-order valence-corrected chi connectivity index (χ0v) is 15.9. The van der Waals surface area contributed by atoms with Crippen LogP contribution in [-0.4, -0.2) is 31.7 Å². The maximum atomic E-state index is 12.8. The van der Waals surface area contributed by atoms with Gasteiger partial charge in [0, 0.05) is 18.8 Å². The molecule has 2 aromatic rings. The number of rotatable bonds is 4. The van der Waals surface area contributed by atoms with Gasteiger partial charge in [0.1, 0.15) is 0 Å². The minimum absolute atomic E-state index is 0.115. The van der Waals surface area contributed by atoms with Crippen LogP contribution < -0.4 is 5.32 Å². The van der Waals surface area contributed by atoms with Crippen LogP contribution in [0, 0.1) is 19.8 Å². The molecule has 0 radical (unpaired) electrons. The van der Waals surface area contributed by atoms with Crippen LogP contribution in [0.2, 0.25) is 0 Å². The number of hydrogen-bond donors (Lipinski definition) is 1. The Hall–Kier alpha value is -2.18. The number of amides is 1. The number of anilines is 1. The smallest absolute Gasteiger partial charge is 0.243 e. The van der Waals surface area contributed by atoms with Crippen molar-refractivity contribution >= 4 is 21.6 Å². The van der Waals surface area contributed by atoms with E-state index >= 15 is 0 Å². The van der Waals surface area contributed by atoms with Crippen LogP contribution in [0.1, 0.15) is 24.0 Å². The molecule has 1 N–H and O–H groups in total. The van der Waals surface area contributed by atoms with Gasteiger partial charge in [0.15, 0.2) is 0 Å². The van der Waals surface area contributed by atoms with Crippen LogP contribution in [0.15, 0.2) is 53.4 Å². The molecule has 26 heavy (non-hydrogen) atoms. The number of carbonyl (C=O) groups excluding carboxylic acids is 1. The molecule has 1 amide bonds. The predicted octanol–water partition coefficient (Wildman–Crippen LogP) is 3.34. The minimum Gasteiger partial charge on any atom is -0.325 e. The van der Waals surface area contributed by atoms with Gasteiger partial charge in [0.25, 0.3) is 0 Å². The summed E-state index contributed by atoms with van der Waals surface area (Å²) in [5, 5.41) is 3.00. The van der Waals surface area contributed by atoms with Gasteiger partial charge in [-0.25, -0.2) is 8.42 Å². The lowest BCUT2D eigenvalue weighted by Gasteiger charge is -2.31. The fourth-order valence-electron chi connectivity index (χ4n) is 3.35. The van der Waals surface area contributed by atoms with Gasteiger partial charge in [-0.2, -0.15) is 4.31 Å². The van der Waals surface area contributed by atoms with E-state index in [1.165, 1.54) is 4.31 Å². The molecule has 1 heterocycles. The van der Waals surface area contributed by atoms with E-state index in [1.807, 2.05) is 32.0 Å². The number of aryl methyl sites for hydroxylation is 2. The molecule has 0 saturated carbocycles. The monoisotopic (exact) mass is 372 g/mol. The third-order valence-electron chi connectivity index (χ3n) is 4.87. The van der Waals surface area contributed by atoms with Crippen molar-refractivity contribution in [3.63, 3.8) is 0 Å². The van der Waals surface area contributed by atoms with Crippen LogP contribution in [0.25, 0.3) is 0 Å². The summed E-state index contributed by atoms with van der Waals surface area (Å²) in [5.74, 6) is -0.461. The molecule has 1 atom stereocenters. The number of para-hydroxylation sites is 1. The van der Waals surface area contributed by atoms with Crippen LogP contribution in [-0.2, 0) is 14.8 Å². The summed E-state index contributed by atoms with van der Waals surface area (Å²) in [6, 6.07) is 14.3. The van der Waals surface area contributed by atoms with E-state index in [9.17, 15) is 13.2 Å². The molecule has 138 valence electrons. The standard InChI is InChI=1S/C20H24N2O3S/c1-15-8-6-9-16(2)19(15)21-20(23)17-10-7-13-22(14-17)26(24,25)18-11-4-3-5-12-18/h3-6,8-9,11-12,17H,7,10,13-14H2,1-2H3,(H,21,23). The second-order valence-electron chi connectivity index (χ2n) is 6.77. The minimum atomic E-state index is -3.56. The number of carbonyl (C=O) groups is 1. The maximum Gasteiger partial charge on any atom is 0.243 e. The van der Waals surface area contributed by atoms with Gasteiger partial charge < -0.3 is 5.32 Å². The van der Waals surface area contributed by atoms with Crippen molar-refractivity contribution in [2.24, 2.45) is 5.92 Å². The Kier molecular flexibility index (Phi) is 5.44. The fourth-order valence-corrected chi connectivity index (χ4v) is 4.90. The lowest BCUT2D eigenvalue weighted by atomic mass is 9.98. The largest absolute Gasteiger partial charge is 0.325 e. The van der Waals surface area contributed by atoms with Crippen molar-refractivity contribution in [3.05, 3.63) is 59.7 Å². The average molecular weight is 372 g/mol. The zero-order chi connectivity index (χ0) is 18.7. The first-order valence-corrected chi connectivity index (χ1v) is 10.3. The van der Waals surface area contributed by atoms with Gasteiger partial charge in [-0.1, -0.05) is 36.4 Å². The van der Waals surface area contributed by atoms with Gasteiger partial charge in [-0.05, 0) is 49.9 Å². The van der Waals surface area contributed by atoms with Gasteiger partial charge in [-0.15, -0.1) is 0 Å². The second kappa shape index (κ2) is 7.60. The molecule has 6 heteroatoms. The highest BCUT2D eigenvalue weighted by Crippen LogP contribution is 2.26. The summed E-state index contributed by atoms with van der Waals surface area (Å²) in [6.07, 6.45) is 1.37.